The van der Waals surface area contributed by atoms with Crippen LogP contribution in [0.2, 0.25) is 0 Å². The van der Waals surface area contributed by atoms with Gasteiger partial charge in [0.2, 0.25) is 0 Å². The van der Waals surface area contributed by atoms with E-state index in [0.29, 0.717) is 56.2 Å². The highest BCUT2D eigenvalue weighted by atomic mass is 19.1. The molecule has 4 N–H and O–H groups in total. The van der Waals surface area contributed by atoms with Crippen LogP contribution in [-0.2, 0) is 6.42 Å². The van der Waals surface area contributed by atoms with Crippen LogP contribution in [0.3, 0.4) is 0 Å². The minimum absolute atomic E-state index is 0.152. The molecule has 11 heteroatoms. The minimum Gasteiger partial charge on any atom is -0.497 e. The molecule has 246 valence electrons. The maximum Gasteiger partial charge on any atom is 0.280 e. The van der Waals surface area contributed by atoms with Crippen molar-refractivity contribution in [1.29, 1.82) is 0 Å². The normalized spacial score (nSPS) is 12.6. The molecule has 1 saturated carbocycles. The number of aromatic nitrogens is 4. The first-order chi connectivity index (χ1) is 23.1. The highest BCUT2D eigenvalue weighted by molar-refractivity contribution is 5.93. The van der Waals surface area contributed by atoms with Crippen molar-refractivity contribution in [2.75, 3.05) is 25.9 Å². The van der Waals surface area contributed by atoms with E-state index in [2.05, 4.69) is 35.9 Å². The molecule has 6 aromatic rings. The van der Waals surface area contributed by atoms with E-state index in [-0.39, 0.29) is 22.8 Å². The van der Waals surface area contributed by atoms with E-state index >= 15 is 0 Å². The van der Waals surface area contributed by atoms with Gasteiger partial charge in [-0.05, 0) is 61.1 Å². The van der Waals surface area contributed by atoms with Gasteiger partial charge in [-0.1, -0.05) is 62.4 Å². The number of rotatable bonds is 7. The Labute approximate surface area is 276 Å². The SMILES string of the molecule is COc1ccc2nc(-c3ccc(CC(C)C)cc3)n(N)c(=O)c2c1.COc1cccc(-c2cccc3c(=O)n(N)c(C4CC4)nc23)c1F. The zero-order valence-corrected chi connectivity index (χ0v) is 27.2. The summed E-state index contributed by atoms with van der Waals surface area (Å²) in [6.07, 6.45) is 2.94. The number of nitrogens with two attached hydrogens (primary N) is 2. The Morgan fingerprint density at radius 1 is 0.833 bits per heavy atom. The molecule has 2 heterocycles. The van der Waals surface area contributed by atoms with Gasteiger partial charge in [0.25, 0.3) is 11.1 Å². The van der Waals surface area contributed by atoms with E-state index in [1.807, 2.05) is 12.1 Å². The quantitative estimate of drug-likeness (QED) is 0.208. The third-order valence-electron chi connectivity index (χ3n) is 8.34. The summed E-state index contributed by atoms with van der Waals surface area (Å²) >= 11 is 0. The van der Waals surface area contributed by atoms with Crippen LogP contribution < -0.4 is 32.3 Å². The smallest absolute Gasteiger partial charge is 0.280 e. The monoisotopic (exact) mass is 648 g/mol. The van der Waals surface area contributed by atoms with E-state index in [0.717, 1.165) is 34.2 Å². The number of nitrogens with zero attached hydrogens (tertiary/aromatic N) is 4. The molecule has 0 unspecified atom stereocenters. The second kappa shape index (κ2) is 13.2. The molecular weight excluding hydrogens is 611 g/mol. The summed E-state index contributed by atoms with van der Waals surface area (Å²) in [6, 6.07) is 23.3. The zero-order chi connectivity index (χ0) is 34.1. The maximum absolute atomic E-state index is 14.7. The lowest BCUT2D eigenvalue weighted by molar-refractivity contribution is 0.387. The lowest BCUT2D eigenvalue weighted by Crippen LogP contribution is -2.31. The van der Waals surface area contributed by atoms with E-state index in [4.69, 9.17) is 21.2 Å². The van der Waals surface area contributed by atoms with Crippen LogP contribution in [-0.4, -0.2) is 33.5 Å². The number of benzene rings is 4. The van der Waals surface area contributed by atoms with Crippen LogP contribution in [0.15, 0.2) is 88.5 Å². The number of nitrogen functional groups attached to an aromatic ring is 2. The van der Waals surface area contributed by atoms with Gasteiger partial charge in [-0.3, -0.25) is 9.59 Å². The predicted octanol–water partition coefficient (Wildman–Crippen LogP) is 5.79. The van der Waals surface area contributed by atoms with Crippen LogP contribution >= 0.6 is 0 Å². The first-order valence-corrected chi connectivity index (χ1v) is 15.7. The highest BCUT2D eigenvalue weighted by Crippen LogP contribution is 2.39. The van der Waals surface area contributed by atoms with Crippen molar-refractivity contribution in [3.05, 3.63) is 117 Å². The van der Waals surface area contributed by atoms with Crippen LogP contribution in [0, 0.1) is 11.7 Å². The third-order valence-corrected chi connectivity index (χ3v) is 8.34. The summed E-state index contributed by atoms with van der Waals surface area (Å²) in [4.78, 5) is 34.3. The molecule has 0 bridgehead atoms. The van der Waals surface area contributed by atoms with Crippen LogP contribution in [0.1, 0.15) is 44.0 Å². The molecule has 1 fully saturated rings. The number of halogens is 1. The Bertz CT molecular complexity index is 2260. The number of ether oxygens (including phenoxy) is 2. The predicted molar refractivity (Wildman–Crippen MR) is 187 cm³/mol. The number of fused-ring (bicyclic) bond motifs is 2. The molecule has 0 spiro atoms. The summed E-state index contributed by atoms with van der Waals surface area (Å²) < 4.78 is 27.1. The lowest BCUT2D eigenvalue weighted by atomic mass is 10.0. The standard InChI is InChI=1S/C19H21N3O2.C18H16FN3O2/c1-12(2)10-13-4-6-14(7-5-13)18-21-17-9-8-15(24-3)11-16(17)19(23)22(18)20;1-24-14-7-3-4-11(15(14)19)12-5-2-6-13-16(12)21-17(10-8-9-10)22(20)18(13)23/h4-9,11-12H,10,20H2,1-3H3;2-7,10H,8-9,20H2,1H3. The maximum atomic E-state index is 14.7. The fourth-order valence-corrected chi connectivity index (χ4v) is 5.73. The molecule has 1 aliphatic carbocycles. The lowest BCUT2D eigenvalue weighted by Gasteiger charge is -2.12. The summed E-state index contributed by atoms with van der Waals surface area (Å²) in [6.45, 7) is 4.37. The van der Waals surface area contributed by atoms with E-state index in [9.17, 15) is 14.0 Å². The number of para-hydroxylation sites is 1. The molecule has 2 aromatic heterocycles. The zero-order valence-electron chi connectivity index (χ0n) is 27.2. The van der Waals surface area contributed by atoms with Crippen LogP contribution in [0.25, 0.3) is 44.3 Å². The summed E-state index contributed by atoms with van der Waals surface area (Å²) in [5.41, 5.74) is 3.45. The molecule has 7 rings (SSSR count). The topological polar surface area (TPSA) is 140 Å². The first kappa shape index (κ1) is 32.2. The van der Waals surface area contributed by atoms with Crippen molar-refractivity contribution < 1.29 is 13.9 Å². The Hall–Kier alpha value is -5.71. The second-order valence-corrected chi connectivity index (χ2v) is 12.2. The molecule has 0 atom stereocenters. The molecule has 0 amide bonds. The molecular formula is C37H37FN6O4. The average Bonchev–Trinajstić information content (AvgIpc) is 3.94. The number of hydrogen-bond donors (Lipinski definition) is 2. The minimum atomic E-state index is -0.473. The van der Waals surface area contributed by atoms with Gasteiger partial charge >= 0.3 is 0 Å². The van der Waals surface area contributed by atoms with Gasteiger partial charge < -0.3 is 21.2 Å². The fourth-order valence-electron chi connectivity index (χ4n) is 5.73. The van der Waals surface area contributed by atoms with Crippen molar-refractivity contribution in [3.8, 4) is 34.0 Å². The van der Waals surface area contributed by atoms with Gasteiger partial charge in [-0.2, -0.15) is 0 Å². The Morgan fingerprint density at radius 2 is 1.52 bits per heavy atom. The second-order valence-electron chi connectivity index (χ2n) is 12.2. The average molecular weight is 649 g/mol. The van der Waals surface area contributed by atoms with E-state index < -0.39 is 5.82 Å². The summed E-state index contributed by atoms with van der Waals surface area (Å²) in [5, 5.41) is 0.818. The molecule has 1 aliphatic rings. The van der Waals surface area contributed by atoms with Crippen molar-refractivity contribution in [2.45, 2.75) is 39.0 Å². The van der Waals surface area contributed by atoms with Gasteiger partial charge in [0, 0.05) is 22.6 Å². The van der Waals surface area contributed by atoms with Gasteiger partial charge in [0.1, 0.15) is 11.6 Å². The Balaban J connectivity index is 0.000000167. The van der Waals surface area contributed by atoms with Gasteiger partial charge in [0.15, 0.2) is 17.4 Å². The molecule has 0 aliphatic heterocycles. The van der Waals surface area contributed by atoms with Crippen molar-refractivity contribution >= 4 is 21.8 Å². The van der Waals surface area contributed by atoms with Crippen molar-refractivity contribution in [2.24, 2.45) is 5.92 Å². The van der Waals surface area contributed by atoms with Crippen molar-refractivity contribution in [1.82, 2.24) is 19.3 Å². The van der Waals surface area contributed by atoms with Crippen molar-refractivity contribution in [3.63, 3.8) is 0 Å². The van der Waals surface area contributed by atoms with E-state index in [1.54, 1.807) is 61.7 Å². The Morgan fingerprint density at radius 3 is 2.19 bits per heavy atom. The number of hydrogen-bond acceptors (Lipinski definition) is 8. The highest BCUT2D eigenvalue weighted by Gasteiger charge is 2.29. The molecule has 0 saturated heterocycles. The van der Waals surface area contributed by atoms with Crippen LogP contribution in [0.5, 0.6) is 11.5 Å². The number of methoxy groups -OCH3 is 2. The molecule has 0 radical (unpaired) electrons. The van der Waals surface area contributed by atoms with Gasteiger partial charge in [-0.25, -0.2) is 23.7 Å². The first-order valence-electron chi connectivity index (χ1n) is 15.7. The third kappa shape index (κ3) is 6.18. The molecule has 48 heavy (non-hydrogen) atoms. The Kier molecular flexibility index (Phi) is 8.86. The fraction of sp³-hybridized carbons (Fsp3) is 0.243. The van der Waals surface area contributed by atoms with Crippen LogP contribution in [0.4, 0.5) is 4.39 Å². The summed E-state index contributed by atoms with van der Waals surface area (Å²) in [5.74, 6) is 14.0. The van der Waals surface area contributed by atoms with E-state index in [1.165, 1.54) is 12.7 Å². The molecule has 4 aromatic carbocycles. The molecule has 10 nitrogen and oxygen atoms in total. The van der Waals surface area contributed by atoms with Gasteiger partial charge in [-0.15, -0.1) is 0 Å². The largest absolute Gasteiger partial charge is 0.497 e. The van der Waals surface area contributed by atoms with Gasteiger partial charge in [0.05, 0.1) is 36.0 Å². The summed E-state index contributed by atoms with van der Waals surface area (Å²) in [7, 11) is 2.98.